The summed E-state index contributed by atoms with van der Waals surface area (Å²) in [5.74, 6) is -0.826. The molecular formula is C17H23NO4. The Morgan fingerprint density at radius 3 is 2.18 bits per heavy atom. The van der Waals surface area contributed by atoms with E-state index >= 15 is 0 Å². The smallest absolute Gasteiger partial charge is 0.303 e. The van der Waals surface area contributed by atoms with E-state index in [1.54, 1.807) is 24.3 Å². The number of carbonyl (C=O) groups excluding carboxylic acids is 2. The lowest BCUT2D eigenvalue weighted by Crippen LogP contribution is -2.12. The zero-order valence-corrected chi connectivity index (χ0v) is 12.7. The highest BCUT2D eigenvalue weighted by Gasteiger charge is 2.05. The van der Waals surface area contributed by atoms with Gasteiger partial charge in [0.05, 0.1) is 5.69 Å². The molecule has 5 nitrogen and oxygen atoms in total. The normalized spacial score (nSPS) is 10.2. The fraction of sp³-hybridized carbons (Fsp3) is 0.471. The van der Waals surface area contributed by atoms with Gasteiger partial charge in [-0.1, -0.05) is 37.8 Å². The summed E-state index contributed by atoms with van der Waals surface area (Å²) in [6.07, 6.45) is 6.81. The van der Waals surface area contributed by atoms with E-state index in [1.165, 1.54) is 0 Å². The average Bonchev–Trinajstić information content (AvgIpc) is 2.50. The number of carboxylic acid groups (broad SMARTS) is 1. The van der Waals surface area contributed by atoms with Gasteiger partial charge in [-0.15, -0.1) is 0 Å². The van der Waals surface area contributed by atoms with Crippen LogP contribution in [0.2, 0.25) is 0 Å². The zero-order valence-electron chi connectivity index (χ0n) is 12.7. The number of rotatable bonds is 11. The first-order valence-electron chi connectivity index (χ1n) is 7.69. The van der Waals surface area contributed by atoms with Crippen molar-refractivity contribution in [1.82, 2.24) is 0 Å². The molecule has 0 fully saturated rings. The number of aliphatic carboxylic acids is 1. The highest BCUT2D eigenvalue weighted by Crippen LogP contribution is 2.14. The first-order valence-corrected chi connectivity index (χ1v) is 7.69. The predicted molar refractivity (Wildman–Crippen MR) is 85.0 cm³/mol. The van der Waals surface area contributed by atoms with E-state index in [-0.39, 0.29) is 12.3 Å². The molecule has 5 heteroatoms. The third kappa shape index (κ3) is 7.57. The van der Waals surface area contributed by atoms with Crippen LogP contribution in [0.3, 0.4) is 0 Å². The second-order valence-electron chi connectivity index (χ2n) is 5.27. The number of carboxylic acids is 1. The molecule has 1 aromatic rings. The molecule has 2 N–H and O–H groups in total. The summed E-state index contributed by atoms with van der Waals surface area (Å²) in [7, 11) is 0. The fourth-order valence-electron chi connectivity index (χ4n) is 2.20. The Morgan fingerprint density at radius 2 is 1.55 bits per heavy atom. The van der Waals surface area contributed by atoms with E-state index in [1.807, 2.05) is 0 Å². The van der Waals surface area contributed by atoms with Crippen molar-refractivity contribution >= 4 is 23.9 Å². The van der Waals surface area contributed by atoms with Crippen molar-refractivity contribution in [3.63, 3.8) is 0 Å². The molecule has 0 aliphatic heterocycles. The maximum atomic E-state index is 11.8. The number of benzene rings is 1. The van der Waals surface area contributed by atoms with Crippen LogP contribution in [0.15, 0.2) is 24.3 Å². The molecule has 0 radical (unpaired) electrons. The number of anilines is 1. The molecule has 0 unspecified atom stereocenters. The topological polar surface area (TPSA) is 83.5 Å². The molecule has 0 spiro atoms. The van der Waals surface area contributed by atoms with Crippen molar-refractivity contribution in [2.75, 3.05) is 5.32 Å². The second-order valence-corrected chi connectivity index (χ2v) is 5.27. The van der Waals surface area contributed by atoms with Gasteiger partial charge < -0.3 is 10.4 Å². The molecule has 0 heterocycles. The highest BCUT2D eigenvalue weighted by atomic mass is 16.4. The van der Waals surface area contributed by atoms with Gasteiger partial charge in [-0.05, 0) is 25.0 Å². The molecule has 1 rings (SSSR count). The third-order valence-electron chi connectivity index (χ3n) is 3.41. The summed E-state index contributed by atoms with van der Waals surface area (Å²) >= 11 is 0. The number of unbranched alkanes of at least 4 members (excludes halogenated alkanes) is 5. The fourth-order valence-corrected chi connectivity index (χ4v) is 2.20. The van der Waals surface area contributed by atoms with Gasteiger partial charge in [0, 0.05) is 18.4 Å². The Labute approximate surface area is 130 Å². The van der Waals surface area contributed by atoms with E-state index in [0.29, 0.717) is 17.7 Å². The Bertz CT molecular complexity index is 499. The number of nitrogens with one attached hydrogen (secondary N) is 1. The van der Waals surface area contributed by atoms with Crippen LogP contribution in [0.25, 0.3) is 0 Å². The van der Waals surface area contributed by atoms with E-state index in [0.717, 1.165) is 44.8 Å². The summed E-state index contributed by atoms with van der Waals surface area (Å²) in [6, 6.07) is 6.91. The van der Waals surface area contributed by atoms with E-state index in [9.17, 15) is 14.4 Å². The maximum absolute atomic E-state index is 11.8. The standard InChI is InChI=1S/C17H23NO4/c19-13-14-9-7-8-10-15(14)18-16(20)11-5-3-1-2-4-6-12-17(21)22/h7-10,13H,1-6,11-12H2,(H,18,20)(H,21,22). The average molecular weight is 305 g/mol. The minimum Gasteiger partial charge on any atom is -0.481 e. The molecule has 0 aliphatic carbocycles. The van der Waals surface area contributed by atoms with Crippen molar-refractivity contribution in [2.45, 2.75) is 51.4 Å². The molecule has 0 aliphatic rings. The van der Waals surface area contributed by atoms with Gasteiger partial charge in [-0.3, -0.25) is 14.4 Å². The molecule has 0 aromatic heterocycles. The monoisotopic (exact) mass is 305 g/mol. The van der Waals surface area contributed by atoms with E-state index < -0.39 is 5.97 Å². The molecule has 22 heavy (non-hydrogen) atoms. The molecule has 0 bridgehead atoms. The lowest BCUT2D eigenvalue weighted by atomic mass is 10.1. The maximum Gasteiger partial charge on any atom is 0.303 e. The van der Waals surface area contributed by atoms with Gasteiger partial charge in [0.1, 0.15) is 0 Å². The van der Waals surface area contributed by atoms with Gasteiger partial charge in [-0.2, -0.15) is 0 Å². The second kappa shape index (κ2) is 10.5. The van der Waals surface area contributed by atoms with Crippen LogP contribution < -0.4 is 5.32 Å². The minimum absolute atomic E-state index is 0.0832. The van der Waals surface area contributed by atoms with Gasteiger partial charge in [0.2, 0.25) is 5.91 Å². The summed E-state index contributed by atoms with van der Waals surface area (Å²) in [6.45, 7) is 0. The van der Waals surface area contributed by atoms with Gasteiger partial charge >= 0.3 is 5.97 Å². The lowest BCUT2D eigenvalue weighted by Gasteiger charge is -2.07. The van der Waals surface area contributed by atoms with Crippen LogP contribution in [0.5, 0.6) is 0 Å². The van der Waals surface area contributed by atoms with Crippen LogP contribution in [-0.4, -0.2) is 23.3 Å². The van der Waals surface area contributed by atoms with Crippen molar-refractivity contribution in [3.05, 3.63) is 29.8 Å². The number of aldehydes is 1. The Hall–Kier alpha value is -2.17. The summed E-state index contributed by atoms with van der Waals surface area (Å²) < 4.78 is 0. The first kappa shape index (κ1) is 17.9. The summed E-state index contributed by atoms with van der Waals surface area (Å²) in [5, 5.41) is 11.3. The number of amides is 1. The molecule has 0 saturated carbocycles. The Kier molecular flexibility index (Phi) is 8.57. The number of para-hydroxylation sites is 1. The van der Waals surface area contributed by atoms with E-state index in [2.05, 4.69) is 5.32 Å². The molecule has 1 aromatic carbocycles. The van der Waals surface area contributed by atoms with Crippen molar-refractivity contribution in [1.29, 1.82) is 0 Å². The number of hydrogen-bond donors (Lipinski definition) is 2. The largest absolute Gasteiger partial charge is 0.481 e. The van der Waals surface area contributed by atoms with Crippen molar-refractivity contribution in [2.24, 2.45) is 0 Å². The lowest BCUT2D eigenvalue weighted by molar-refractivity contribution is -0.137. The molecule has 120 valence electrons. The van der Waals surface area contributed by atoms with Crippen LogP contribution in [0.4, 0.5) is 5.69 Å². The molecular weight excluding hydrogens is 282 g/mol. The molecule has 1 amide bonds. The van der Waals surface area contributed by atoms with Gasteiger partial charge in [-0.25, -0.2) is 0 Å². The van der Waals surface area contributed by atoms with Crippen molar-refractivity contribution < 1.29 is 19.5 Å². The Morgan fingerprint density at radius 1 is 0.955 bits per heavy atom. The van der Waals surface area contributed by atoms with E-state index in [4.69, 9.17) is 5.11 Å². The van der Waals surface area contributed by atoms with Crippen LogP contribution in [0.1, 0.15) is 61.7 Å². The molecule has 0 atom stereocenters. The Balaban J connectivity index is 2.11. The zero-order chi connectivity index (χ0) is 16.2. The SMILES string of the molecule is O=Cc1ccccc1NC(=O)CCCCCCCCC(=O)O. The highest BCUT2D eigenvalue weighted by molar-refractivity contribution is 5.96. The summed E-state index contributed by atoms with van der Waals surface area (Å²) in [4.78, 5) is 33.0. The predicted octanol–water partition coefficient (Wildman–Crippen LogP) is 3.64. The van der Waals surface area contributed by atoms with Gasteiger partial charge in [0.25, 0.3) is 0 Å². The minimum atomic E-state index is -0.743. The van der Waals surface area contributed by atoms with Crippen LogP contribution >= 0.6 is 0 Å². The number of hydrogen-bond acceptors (Lipinski definition) is 3. The number of carbonyl (C=O) groups is 3. The quantitative estimate of drug-likeness (QED) is 0.483. The van der Waals surface area contributed by atoms with Crippen LogP contribution in [0, 0.1) is 0 Å². The van der Waals surface area contributed by atoms with Crippen molar-refractivity contribution in [3.8, 4) is 0 Å². The molecule has 0 saturated heterocycles. The first-order chi connectivity index (χ1) is 10.6. The van der Waals surface area contributed by atoms with Gasteiger partial charge in [0.15, 0.2) is 6.29 Å². The third-order valence-corrected chi connectivity index (χ3v) is 3.41. The van der Waals surface area contributed by atoms with Crippen LogP contribution in [-0.2, 0) is 9.59 Å². The summed E-state index contributed by atoms with van der Waals surface area (Å²) in [5.41, 5.74) is 1.03.